The Bertz CT molecular complexity index is 629. The first-order valence-corrected chi connectivity index (χ1v) is 9.09. The van der Waals surface area contributed by atoms with E-state index in [1.165, 1.54) is 24.0 Å². The second-order valence-electron chi connectivity index (χ2n) is 7.65. The smallest absolute Gasteiger partial charge is 0.319 e. The Labute approximate surface area is 143 Å². The first kappa shape index (κ1) is 15.9. The summed E-state index contributed by atoms with van der Waals surface area (Å²) in [4.78, 5) is 14.8. The van der Waals surface area contributed by atoms with E-state index in [1.54, 1.807) is 0 Å². The molecular formula is C19H27N3O2. The zero-order valence-corrected chi connectivity index (χ0v) is 14.5. The van der Waals surface area contributed by atoms with Crippen LogP contribution in [0.3, 0.4) is 0 Å². The van der Waals surface area contributed by atoms with Gasteiger partial charge in [-0.05, 0) is 62.3 Å². The molecule has 3 atom stereocenters. The average Bonchev–Trinajstić information content (AvgIpc) is 3.31. The molecule has 3 aliphatic rings. The predicted molar refractivity (Wildman–Crippen MR) is 94.3 cm³/mol. The van der Waals surface area contributed by atoms with Crippen LogP contribution in [0, 0.1) is 19.8 Å². The van der Waals surface area contributed by atoms with Crippen LogP contribution in [0.1, 0.15) is 30.4 Å². The molecule has 2 saturated heterocycles. The molecule has 0 unspecified atom stereocenters. The third-order valence-corrected chi connectivity index (χ3v) is 5.69. The Morgan fingerprint density at radius 3 is 2.79 bits per heavy atom. The molecule has 2 N–H and O–H groups in total. The van der Waals surface area contributed by atoms with Gasteiger partial charge in [0.2, 0.25) is 0 Å². The lowest BCUT2D eigenvalue weighted by molar-refractivity contribution is -0.0581. The van der Waals surface area contributed by atoms with Crippen molar-refractivity contribution in [2.45, 2.75) is 51.3 Å². The van der Waals surface area contributed by atoms with Gasteiger partial charge in [-0.15, -0.1) is 0 Å². The zero-order chi connectivity index (χ0) is 16.7. The monoisotopic (exact) mass is 329 g/mol. The van der Waals surface area contributed by atoms with Gasteiger partial charge in [0.15, 0.2) is 0 Å². The van der Waals surface area contributed by atoms with Crippen LogP contribution in [0.5, 0.6) is 0 Å². The van der Waals surface area contributed by atoms with E-state index in [0.29, 0.717) is 12.1 Å². The molecule has 0 aromatic heterocycles. The summed E-state index contributed by atoms with van der Waals surface area (Å²) in [6.45, 7) is 6.93. The lowest BCUT2D eigenvalue weighted by Crippen LogP contribution is -2.47. The third-order valence-electron chi connectivity index (χ3n) is 5.69. The number of nitrogens with one attached hydrogen (secondary N) is 2. The van der Waals surface area contributed by atoms with Crippen molar-refractivity contribution in [2.24, 2.45) is 5.92 Å². The second-order valence-corrected chi connectivity index (χ2v) is 7.65. The van der Waals surface area contributed by atoms with Crippen LogP contribution >= 0.6 is 0 Å². The number of urea groups is 1. The second kappa shape index (κ2) is 6.37. The summed E-state index contributed by atoms with van der Waals surface area (Å²) in [5.74, 6) is 0.783. The number of rotatable bonds is 3. The van der Waals surface area contributed by atoms with Gasteiger partial charge in [-0.1, -0.05) is 6.07 Å². The van der Waals surface area contributed by atoms with E-state index in [9.17, 15) is 4.79 Å². The predicted octanol–water partition coefficient (Wildman–Crippen LogP) is 2.68. The van der Waals surface area contributed by atoms with Crippen LogP contribution in [-0.4, -0.2) is 48.8 Å². The minimum Gasteiger partial charge on any atom is -0.375 e. The quantitative estimate of drug-likeness (QED) is 0.896. The number of fused-ring (bicyclic) bond motifs is 1. The standard InChI is InChI=1S/C19H27N3O2/c1-12-3-6-15(7-13(12)2)20-19(23)21-16-8-17-11-24-18(14-4-5-14)10-22(17)9-16/h3,6-7,14,16-18H,4-5,8-11H2,1-2H3,(H2,20,21,23)/t16-,17-,18-/m0/s1. The number of hydrogen-bond donors (Lipinski definition) is 2. The lowest BCUT2D eigenvalue weighted by atomic mass is 10.1. The first-order valence-electron chi connectivity index (χ1n) is 9.09. The minimum atomic E-state index is -0.109. The molecule has 1 aromatic rings. The number of morpholine rings is 1. The minimum absolute atomic E-state index is 0.109. The highest BCUT2D eigenvalue weighted by Gasteiger charge is 2.42. The molecule has 3 fully saturated rings. The molecule has 1 saturated carbocycles. The fourth-order valence-corrected chi connectivity index (χ4v) is 3.93. The average molecular weight is 329 g/mol. The van der Waals surface area contributed by atoms with Crippen molar-refractivity contribution in [3.05, 3.63) is 29.3 Å². The molecule has 2 aliphatic heterocycles. The number of nitrogens with zero attached hydrogens (tertiary/aromatic N) is 1. The number of carbonyl (C=O) groups excluding carboxylic acids is 1. The largest absolute Gasteiger partial charge is 0.375 e. The summed E-state index contributed by atoms with van der Waals surface area (Å²) in [5.41, 5.74) is 3.27. The topological polar surface area (TPSA) is 53.6 Å². The SMILES string of the molecule is Cc1ccc(NC(=O)N[C@H]2C[C@H]3CO[C@H](C4CC4)CN3C2)cc1C. The number of anilines is 1. The number of hydrogen-bond acceptors (Lipinski definition) is 3. The Kier molecular flexibility index (Phi) is 4.22. The molecule has 24 heavy (non-hydrogen) atoms. The number of amides is 2. The van der Waals surface area contributed by atoms with Gasteiger partial charge in [0, 0.05) is 30.9 Å². The maximum Gasteiger partial charge on any atom is 0.319 e. The Balaban J connectivity index is 1.29. The fraction of sp³-hybridized carbons (Fsp3) is 0.632. The van der Waals surface area contributed by atoms with Crippen LogP contribution in [0.15, 0.2) is 18.2 Å². The highest BCUT2D eigenvalue weighted by Crippen LogP contribution is 2.37. The molecule has 0 spiro atoms. The van der Waals surface area contributed by atoms with Crippen LogP contribution in [0.4, 0.5) is 10.5 Å². The van der Waals surface area contributed by atoms with Crippen molar-refractivity contribution < 1.29 is 9.53 Å². The number of benzene rings is 1. The van der Waals surface area contributed by atoms with Gasteiger partial charge >= 0.3 is 6.03 Å². The molecule has 5 heteroatoms. The van der Waals surface area contributed by atoms with Gasteiger partial charge in [-0.3, -0.25) is 4.90 Å². The summed E-state index contributed by atoms with van der Waals surface area (Å²) >= 11 is 0. The van der Waals surface area contributed by atoms with Crippen LogP contribution in [-0.2, 0) is 4.74 Å². The number of aryl methyl sites for hydroxylation is 2. The molecule has 1 aromatic carbocycles. The highest BCUT2D eigenvalue weighted by molar-refractivity contribution is 5.89. The van der Waals surface area contributed by atoms with Gasteiger partial charge < -0.3 is 15.4 Å². The third kappa shape index (κ3) is 3.42. The molecule has 4 rings (SSSR count). The van der Waals surface area contributed by atoms with Gasteiger partial charge in [0.25, 0.3) is 0 Å². The van der Waals surface area contributed by atoms with E-state index in [1.807, 2.05) is 18.2 Å². The molecule has 1 aliphatic carbocycles. The summed E-state index contributed by atoms with van der Waals surface area (Å²) in [6.07, 6.45) is 4.05. The summed E-state index contributed by atoms with van der Waals surface area (Å²) < 4.78 is 6.02. The van der Waals surface area contributed by atoms with Crippen LogP contribution in [0.25, 0.3) is 0 Å². The van der Waals surface area contributed by atoms with Crippen molar-refractivity contribution in [1.82, 2.24) is 10.2 Å². The molecule has 0 bridgehead atoms. The van der Waals surface area contributed by atoms with Gasteiger partial charge in [0.1, 0.15) is 0 Å². The van der Waals surface area contributed by atoms with Gasteiger partial charge in [-0.2, -0.15) is 0 Å². The Hall–Kier alpha value is -1.59. The van der Waals surface area contributed by atoms with E-state index >= 15 is 0 Å². The molecule has 130 valence electrons. The zero-order valence-electron chi connectivity index (χ0n) is 14.5. The first-order chi connectivity index (χ1) is 11.6. The Morgan fingerprint density at radius 2 is 2.04 bits per heavy atom. The van der Waals surface area contributed by atoms with E-state index in [4.69, 9.17) is 4.74 Å². The highest BCUT2D eigenvalue weighted by atomic mass is 16.5. The van der Waals surface area contributed by atoms with Crippen molar-refractivity contribution in [3.8, 4) is 0 Å². The maximum atomic E-state index is 12.3. The van der Waals surface area contributed by atoms with Crippen molar-refractivity contribution in [2.75, 3.05) is 25.0 Å². The number of ether oxygens (including phenoxy) is 1. The maximum absolute atomic E-state index is 12.3. The Morgan fingerprint density at radius 1 is 1.21 bits per heavy atom. The molecule has 2 heterocycles. The fourth-order valence-electron chi connectivity index (χ4n) is 3.93. The van der Waals surface area contributed by atoms with E-state index in [2.05, 4.69) is 29.4 Å². The molecule has 5 nitrogen and oxygen atoms in total. The van der Waals surface area contributed by atoms with Crippen LogP contribution < -0.4 is 10.6 Å². The number of carbonyl (C=O) groups is 1. The summed E-state index contributed by atoms with van der Waals surface area (Å²) in [5, 5.41) is 6.09. The van der Waals surface area contributed by atoms with E-state index < -0.39 is 0 Å². The van der Waals surface area contributed by atoms with Crippen molar-refractivity contribution >= 4 is 11.7 Å². The van der Waals surface area contributed by atoms with Crippen LogP contribution in [0.2, 0.25) is 0 Å². The van der Waals surface area contributed by atoms with Crippen molar-refractivity contribution in [3.63, 3.8) is 0 Å². The summed E-state index contributed by atoms with van der Waals surface area (Å²) in [6, 6.07) is 6.57. The van der Waals surface area contributed by atoms with E-state index in [0.717, 1.165) is 37.7 Å². The lowest BCUT2D eigenvalue weighted by Gasteiger charge is -2.35. The summed E-state index contributed by atoms with van der Waals surface area (Å²) in [7, 11) is 0. The van der Waals surface area contributed by atoms with E-state index in [-0.39, 0.29) is 12.1 Å². The molecule has 2 amide bonds. The van der Waals surface area contributed by atoms with Gasteiger partial charge in [-0.25, -0.2) is 4.79 Å². The van der Waals surface area contributed by atoms with Gasteiger partial charge in [0.05, 0.1) is 12.7 Å². The molecular weight excluding hydrogens is 302 g/mol. The molecule has 0 radical (unpaired) electrons. The van der Waals surface area contributed by atoms with Crippen molar-refractivity contribution in [1.29, 1.82) is 0 Å². The normalized spacial score (nSPS) is 30.0.